The summed E-state index contributed by atoms with van der Waals surface area (Å²) in [4.78, 5) is 16.2. The number of rotatable bonds is 4. The lowest BCUT2D eigenvalue weighted by molar-refractivity contribution is 0.00706. The summed E-state index contributed by atoms with van der Waals surface area (Å²) in [5.41, 5.74) is 1.82. The van der Waals surface area contributed by atoms with E-state index in [1.807, 2.05) is 30.3 Å². The second-order valence-electron chi connectivity index (χ2n) is 7.47. The van der Waals surface area contributed by atoms with Crippen molar-refractivity contribution in [3.05, 3.63) is 47.6 Å². The molecule has 2 saturated heterocycles. The minimum Gasteiger partial charge on any atom is -0.456 e. The summed E-state index contributed by atoms with van der Waals surface area (Å²) in [6, 6.07) is 11.4. The fraction of sp³-hybridized carbons (Fsp3) is 0.286. The van der Waals surface area contributed by atoms with Crippen molar-refractivity contribution in [3.8, 4) is 17.6 Å². The molecule has 10 heteroatoms. The van der Waals surface area contributed by atoms with Gasteiger partial charge < -0.3 is 29.0 Å². The van der Waals surface area contributed by atoms with Crippen molar-refractivity contribution >= 4 is 33.7 Å². The van der Waals surface area contributed by atoms with Gasteiger partial charge in [0.1, 0.15) is 29.1 Å². The van der Waals surface area contributed by atoms with E-state index in [0.717, 1.165) is 10.9 Å². The second-order valence-corrected chi connectivity index (χ2v) is 7.88. The number of fused-ring (bicyclic) bond motifs is 3. The number of H-pyrrole nitrogens is 1. The van der Waals surface area contributed by atoms with Gasteiger partial charge in [0, 0.05) is 17.6 Å². The second kappa shape index (κ2) is 7.31. The Hall–Kier alpha value is -2.98. The number of hydrogen-bond acceptors (Lipinski definition) is 8. The van der Waals surface area contributed by atoms with Crippen molar-refractivity contribution in [3.63, 3.8) is 0 Å². The molecule has 3 aromatic heterocycles. The molecule has 6 rings (SSSR count). The van der Waals surface area contributed by atoms with Crippen LogP contribution in [0, 0.1) is 0 Å². The van der Waals surface area contributed by atoms with Crippen LogP contribution in [0.5, 0.6) is 17.6 Å². The van der Waals surface area contributed by atoms with E-state index in [0.29, 0.717) is 28.5 Å². The van der Waals surface area contributed by atoms with E-state index in [4.69, 9.17) is 30.5 Å². The molecule has 2 aliphatic heterocycles. The highest BCUT2D eigenvalue weighted by Gasteiger charge is 2.48. The van der Waals surface area contributed by atoms with Crippen LogP contribution in [-0.2, 0) is 9.47 Å². The summed E-state index contributed by atoms with van der Waals surface area (Å²) < 4.78 is 23.0. The van der Waals surface area contributed by atoms with Crippen LogP contribution in [0.25, 0.3) is 22.1 Å². The Kier molecular flexibility index (Phi) is 4.43. The Morgan fingerprint density at radius 1 is 1.10 bits per heavy atom. The number of nitrogens with one attached hydrogen (secondary N) is 1. The summed E-state index contributed by atoms with van der Waals surface area (Å²) >= 11 is 6.38. The summed E-state index contributed by atoms with van der Waals surface area (Å²) in [5.74, 6) is 0.798. The third-order valence-electron chi connectivity index (χ3n) is 5.41. The zero-order chi connectivity index (χ0) is 20.9. The zero-order valence-electron chi connectivity index (χ0n) is 16.1. The topological polar surface area (TPSA) is 112 Å². The van der Waals surface area contributed by atoms with Crippen molar-refractivity contribution in [1.82, 2.24) is 19.9 Å². The number of nitrogens with zero attached hydrogens (tertiary/aromatic N) is 3. The summed E-state index contributed by atoms with van der Waals surface area (Å²) in [6.07, 6.45) is 0.00106. The summed E-state index contributed by atoms with van der Waals surface area (Å²) in [7, 11) is 0. The Morgan fingerprint density at radius 2 is 2.00 bits per heavy atom. The molecule has 2 fully saturated rings. The van der Waals surface area contributed by atoms with E-state index >= 15 is 0 Å². The number of hydrogen-bond donors (Lipinski definition) is 2. The van der Waals surface area contributed by atoms with E-state index in [1.54, 1.807) is 12.3 Å². The summed E-state index contributed by atoms with van der Waals surface area (Å²) in [6.45, 7) is 0.541. The number of aliphatic hydroxyl groups is 1. The molecule has 0 amide bonds. The van der Waals surface area contributed by atoms with Gasteiger partial charge in [-0.1, -0.05) is 17.7 Å². The number of aliphatic hydroxyl groups excluding tert-OH is 1. The number of aromatic amines is 1. The van der Waals surface area contributed by atoms with Gasteiger partial charge in [-0.25, -0.2) is 0 Å². The SMILES string of the molecule is O[C@@H]1COC2[C@H](Oc3nc4nc(Oc5ccc6cccnc6c5)c(Cl)cc4[nH]3)CO[C@@H]21. The third kappa shape index (κ3) is 3.35. The van der Waals surface area contributed by atoms with Crippen LogP contribution >= 0.6 is 11.6 Å². The predicted octanol–water partition coefficient (Wildman–Crippen LogP) is 2.86. The molecule has 0 saturated carbocycles. The van der Waals surface area contributed by atoms with Crippen molar-refractivity contribution < 1.29 is 24.1 Å². The average Bonchev–Trinajstić information content (AvgIpc) is 3.45. The van der Waals surface area contributed by atoms with Crippen LogP contribution < -0.4 is 9.47 Å². The van der Waals surface area contributed by atoms with Crippen molar-refractivity contribution in [2.45, 2.75) is 24.4 Å². The molecule has 1 aromatic carbocycles. The first-order chi connectivity index (χ1) is 15.1. The van der Waals surface area contributed by atoms with Crippen LogP contribution in [0.15, 0.2) is 42.6 Å². The average molecular weight is 441 g/mol. The molecule has 2 N–H and O–H groups in total. The van der Waals surface area contributed by atoms with Gasteiger partial charge in [0.05, 0.1) is 24.2 Å². The maximum atomic E-state index is 9.87. The number of imidazole rings is 1. The quantitative estimate of drug-likeness (QED) is 0.498. The highest BCUT2D eigenvalue weighted by Crippen LogP contribution is 2.33. The first-order valence-electron chi connectivity index (χ1n) is 9.81. The number of aromatic nitrogens is 4. The molecule has 5 heterocycles. The van der Waals surface area contributed by atoms with E-state index in [9.17, 15) is 5.11 Å². The Bertz CT molecular complexity index is 1280. The molecule has 0 spiro atoms. The van der Waals surface area contributed by atoms with E-state index < -0.39 is 6.10 Å². The molecule has 31 heavy (non-hydrogen) atoms. The molecule has 0 radical (unpaired) electrons. The van der Waals surface area contributed by atoms with E-state index in [2.05, 4.69) is 19.9 Å². The fourth-order valence-electron chi connectivity index (χ4n) is 3.92. The maximum absolute atomic E-state index is 9.87. The Balaban J connectivity index is 1.25. The van der Waals surface area contributed by atoms with Crippen molar-refractivity contribution in [1.29, 1.82) is 0 Å². The van der Waals surface area contributed by atoms with Gasteiger partial charge in [0.15, 0.2) is 11.8 Å². The van der Waals surface area contributed by atoms with Gasteiger partial charge in [-0.05, 0) is 24.3 Å². The molecule has 4 aromatic rings. The Morgan fingerprint density at radius 3 is 2.94 bits per heavy atom. The molecule has 1 unspecified atom stereocenters. The van der Waals surface area contributed by atoms with Gasteiger partial charge in [0.25, 0.3) is 6.01 Å². The minimum absolute atomic E-state index is 0.231. The van der Waals surface area contributed by atoms with Crippen LogP contribution in [0.4, 0.5) is 0 Å². The minimum atomic E-state index is -0.639. The van der Waals surface area contributed by atoms with Crippen LogP contribution in [0.2, 0.25) is 5.02 Å². The standard InChI is InChI=1S/C21H17ClN4O5/c22-12-7-14-19(25-20(12)30-11-4-3-10-2-1-5-23-13(10)6-11)26-21(24-14)31-16-9-29-17-15(27)8-28-18(16)17/h1-7,15-18,27H,8-9H2,(H,24,25,26)/t15-,16-,17-,18?/m1/s1. The van der Waals surface area contributed by atoms with Gasteiger partial charge in [-0.3, -0.25) is 4.98 Å². The lowest BCUT2D eigenvalue weighted by Crippen LogP contribution is -2.34. The molecular weight excluding hydrogens is 424 g/mol. The lowest BCUT2D eigenvalue weighted by Gasteiger charge is -2.15. The molecule has 158 valence electrons. The number of pyridine rings is 2. The first kappa shape index (κ1) is 18.8. The van der Waals surface area contributed by atoms with Crippen LogP contribution in [0.3, 0.4) is 0 Å². The van der Waals surface area contributed by atoms with E-state index in [1.165, 1.54) is 0 Å². The van der Waals surface area contributed by atoms with E-state index in [-0.39, 0.29) is 36.8 Å². The van der Waals surface area contributed by atoms with Crippen LogP contribution in [0.1, 0.15) is 0 Å². The number of benzene rings is 1. The van der Waals surface area contributed by atoms with Crippen LogP contribution in [-0.4, -0.2) is 62.7 Å². The predicted molar refractivity (Wildman–Crippen MR) is 111 cm³/mol. The highest BCUT2D eigenvalue weighted by atomic mass is 35.5. The molecule has 0 aliphatic carbocycles. The van der Waals surface area contributed by atoms with Gasteiger partial charge in [0.2, 0.25) is 5.88 Å². The normalized spacial score (nSPS) is 25.2. The third-order valence-corrected chi connectivity index (χ3v) is 5.68. The highest BCUT2D eigenvalue weighted by molar-refractivity contribution is 6.32. The maximum Gasteiger partial charge on any atom is 0.296 e. The lowest BCUT2D eigenvalue weighted by atomic mass is 10.1. The smallest absolute Gasteiger partial charge is 0.296 e. The Labute approximate surface area is 180 Å². The van der Waals surface area contributed by atoms with Gasteiger partial charge in [-0.15, -0.1) is 0 Å². The largest absolute Gasteiger partial charge is 0.456 e. The van der Waals surface area contributed by atoms with Gasteiger partial charge >= 0.3 is 0 Å². The molecular formula is C21H17ClN4O5. The monoisotopic (exact) mass is 440 g/mol. The fourth-order valence-corrected chi connectivity index (χ4v) is 4.11. The van der Waals surface area contributed by atoms with Crippen molar-refractivity contribution in [2.75, 3.05) is 13.2 Å². The first-order valence-corrected chi connectivity index (χ1v) is 10.2. The molecule has 4 atom stereocenters. The zero-order valence-corrected chi connectivity index (χ0v) is 16.8. The van der Waals surface area contributed by atoms with Crippen molar-refractivity contribution in [2.24, 2.45) is 0 Å². The molecule has 9 nitrogen and oxygen atoms in total. The molecule has 0 bridgehead atoms. The summed E-state index contributed by atoms with van der Waals surface area (Å²) in [5, 5.41) is 11.2. The number of halogens is 1. The molecule has 2 aliphatic rings. The number of ether oxygens (including phenoxy) is 4. The van der Waals surface area contributed by atoms with Gasteiger partial charge in [-0.2, -0.15) is 9.97 Å².